The highest BCUT2D eigenvalue weighted by atomic mass is 16.5. The molecule has 6 heteroatoms. The Morgan fingerprint density at radius 3 is 1.85 bits per heavy atom. The molecule has 6 nitrogen and oxygen atoms in total. The molecule has 34 heavy (non-hydrogen) atoms. The zero-order valence-corrected chi connectivity index (χ0v) is 20.8. The number of hydrogen-bond acceptors (Lipinski definition) is 6. The number of phenols is 1. The Morgan fingerprint density at radius 2 is 1.38 bits per heavy atom. The lowest BCUT2D eigenvalue weighted by Crippen LogP contribution is -2.29. The average molecular weight is 465 g/mol. The maximum absolute atomic E-state index is 13.2. The molecule has 0 unspecified atom stereocenters. The number of ether oxygens (including phenoxy) is 1. The number of rotatable bonds is 4. The lowest BCUT2D eigenvalue weighted by atomic mass is 9.73. The number of Topliss-reactive ketones (excluding diaryl/α,β-unsaturated/α-hetero) is 2. The van der Waals surface area contributed by atoms with Gasteiger partial charge in [-0.05, 0) is 27.5 Å². The molecule has 0 aliphatic heterocycles. The molecular formula is C28H32O6. The molecule has 0 heterocycles. The number of aliphatic hydroxyl groups is 1. The van der Waals surface area contributed by atoms with Gasteiger partial charge in [-0.25, -0.2) is 0 Å². The van der Waals surface area contributed by atoms with Gasteiger partial charge in [-0.15, -0.1) is 0 Å². The summed E-state index contributed by atoms with van der Waals surface area (Å²) in [4.78, 5) is 38.6. The molecule has 0 fully saturated rings. The number of hydrogen-bond donors (Lipinski definition) is 2. The highest BCUT2D eigenvalue weighted by molar-refractivity contribution is 6.52. The van der Waals surface area contributed by atoms with Gasteiger partial charge in [-0.2, -0.15) is 0 Å². The van der Waals surface area contributed by atoms with E-state index < -0.39 is 34.3 Å². The average Bonchev–Trinajstić information content (AvgIpc) is 2.75. The minimum absolute atomic E-state index is 0.127. The topological polar surface area (TPSA) is 101 Å². The van der Waals surface area contributed by atoms with E-state index in [-0.39, 0.29) is 34.6 Å². The molecule has 0 radical (unpaired) electrons. The van der Waals surface area contributed by atoms with Crippen LogP contribution in [-0.4, -0.2) is 34.9 Å². The minimum atomic E-state index is -0.944. The fraction of sp³-hybridized carbons (Fsp3) is 0.393. The first-order valence-electron chi connectivity index (χ1n) is 11.2. The number of aliphatic hydroxyl groups excluding tert-OH is 1. The zero-order chi connectivity index (χ0) is 25.6. The molecule has 2 N–H and O–H groups in total. The second-order valence-corrected chi connectivity index (χ2v) is 10.8. The van der Waals surface area contributed by atoms with E-state index in [0.29, 0.717) is 16.7 Å². The summed E-state index contributed by atoms with van der Waals surface area (Å²) in [6, 6.07) is 9.85. The fourth-order valence-corrected chi connectivity index (χ4v) is 4.35. The lowest BCUT2D eigenvalue weighted by molar-refractivity contribution is -0.140. The number of fused-ring (bicyclic) bond motifs is 1. The van der Waals surface area contributed by atoms with Gasteiger partial charge >= 0.3 is 5.97 Å². The van der Waals surface area contributed by atoms with Crippen LogP contribution in [0.15, 0.2) is 42.0 Å². The first kappa shape index (κ1) is 25.2. The van der Waals surface area contributed by atoms with Crippen LogP contribution < -0.4 is 0 Å². The Kier molecular flexibility index (Phi) is 6.49. The fourth-order valence-electron chi connectivity index (χ4n) is 4.35. The predicted octanol–water partition coefficient (Wildman–Crippen LogP) is 5.37. The van der Waals surface area contributed by atoms with Crippen molar-refractivity contribution in [2.45, 2.75) is 64.7 Å². The number of benzene rings is 2. The van der Waals surface area contributed by atoms with Crippen molar-refractivity contribution in [2.24, 2.45) is 0 Å². The molecule has 180 valence electrons. The number of esters is 1. The summed E-state index contributed by atoms with van der Waals surface area (Å²) in [6.45, 7) is 11.7. The van der Waals surface area contributed by atoms with Crippen molar-refractivity contribution < 1.29 is 29.3 Å². The van der Waals surface area contributed by atoms with Crippen LogP contribution in [0.5, 0.6) is 5.75 Å². The van der Waals surface area contributed by atoms with E-state index >= 15 is 0 Å². The second-order valence-electron chi connectivity index (χ2n) is 10.8. The van der Waals surface area contributed by atoms with E-state index in [1.807, 2.05) is 41.5 Å². The Bertz CT molecular complexity index is 1170. The third-order valence-corrected chi connectivity index (χ3v) is 6.23. The lowest BCUT2D eigenvalue weighted by Gasteiger charge is -2.31. The van der Waals surface area contributed by atoms with Crippen LogP contribution in [0.25, 0.3) is 5.76 Å². The van der Waals surface area contributed by atoms with Gasteiger partial charge in [0.2, 0.25) is 11.6 Å². The molecular weight excluding hydrogens is 432 g/mol. The molecule has 0 bridgehead atoms. The number of allylic oxidation sites excluding steroid dienone is 1. The van der Waals surface area contributed by atoms with Crippen LogP contribution in [0.1, 0.15) is 86.5 Å². The number of phenolic OH excluding ortho intramolecular Hbond substituents is 1. The van der Waals surface area contributed by atoms with E-state index in [1.165, 1.54) is 13.2 Å². The van der Waals surface area contributed by atoms with E-state index in [1.54, 1.807) is 30.3 Å². The van der Waals surface area contributed by atoms with Crippen LogP contribution in [0.2, 0.25) is 0 Å². The smallest absolute Gasteiger partial charge is 0.306 e. The minimum Gasteiger partial charge on any atom is -0.507 e. The molecule has 0 spiro atoms. The molecule has 1 aliphatic rings. The van der Waals surface area contributed by atoms with Crippen LogP contribution in [0.4, 0.5) is 0 Å². The van der Waals surface area contributed by atoms with Crippen LogP contribution in [-0.2, 0) is 25.2 Å². The SMILES string of the molecule is COC(=O)C[C@@H](C1=C(O)c2ccccc2C(=O)C1=O)c1cc(C(C)(C)C)c(O)c(C(C)(C)C)c1. The highest BCUT2D eigenvalue weighted by Gasteiger charge is 2.39. The largest absolute Gasteiger partial charge is 0.507 e. The van der Waals surface area contributed by atoms with Gasteiger partial charge in [0, 0.05) is 17.0 Å². The van der Waals surface area contributed by atoms with E-state index in [9.17, 15) is 24.6 Å². The highest BCUT2D eigenvalue weighted by Crippen LogP contribution is 2.44. The summed E-state index contributed by atoms with van der Waals surface area (Å²) in [5.74, 6) is -3.30. The van der Waals surface area contributed by atoms with Gasteiger partial charge < -0.3 is 14.9 Å². The second kappa shape index (κ2) is 8.75. The van der Waals surface area contributed by atoms with Crippen molar-refractivity contribution in [1.29, 1.82) is 0 Å². The van der Waals surface area contributed by atoms with Gasteiger partial charge in [-0.3, -0.25) is 14.4 Å². The molecule has 1 atom stereocenters. The van der Waals surface area contributed by atoms with Crippen molar-refractivity contribution in [3.05, 3.63) is 69.8 Å². The normalized spacial score (nSPS) is 15.3. The summed E-state index contributed by atoms with van der Waals surface area (Å²) in [7, 11) is 1.24. The van der Waals surface area contributed by atoms with Gasteiger partial charge in [-0.1, -0.05) is 77.9 Å². The molecule has 2 aromatic carbocycles. The van der Waals surface area contributed by atoms with Crippen molar-refractivity contribution >= 4 is 23.3 Å². The van der Waals surface area contributed by atoms with Crippen molar-refractivity contribution in [2.75, 3.05) is 7.11 Å². The van der Waals surface area contributed by atoms with E-state index in [4.69, 9.17) is 4.74 Å². The Morgan fingerprint density at radius 1 is 0.882 bits per heavy atom. The summed E-state index contributed by atoms with van der Waals surface area (Å²) in [5.41, 5.74) is 1.15. The quantitative estimate of drug-likeness (QED) is 0.466. The molecule has 0 amide bonds. The van der Waals surface area contributed by atoms with Crippen LogP contribution >= 0.6 is 0 Å². The third kappa shape index (κ3) is 4.49. The summed E-state index contributed by atoms with van der Waals surface area (Å²) in [5, 5.41) is 22.3. The van der Waals surface area contributed by atoms with Gasteiger partial charge in [0.05, 0.1) is 19.1 Å². The van der Waals surface area contributed by atoms with Gasteiger partial charge in [0.1, 0.15) is 11.5 Å². The molecule has 0 saturated carbocycles. The molecule has 0 aromatic heterocycles. The van der Waals surface area contributed by atoms with Crippen molar-refractivity contribution in [3.8, 4) is 5.75 Å². The van der Waals surface area contributed by atoms with Crippen molar-refractivity contribution in [3.63, 3.8) is 0 Å². The Hall–Kier alpha value is -3.41. The summed E-state index contributed by atoms with van der Waals surface area (Å²) < 4.78 is 4.89. The summed E-state index contributed by atoms with van der Waals surface area (Å²) >= 11 is 0. The van der Waals surface area contributed by atoms with E-state index in [2.05, 4.69) is 0 Å². The Labute approximate surface area is 200 Å². The van der Waals surface area contributed by atoms with Crippen LogP contribution in [0, 0.1) is 0 Å². The number of ketones is 2. The molecule has 3 rings (SSSR count). The molecule has 2 aromatic rings. The summed E-state index contributed by atoms with van der Waals surface area (Å²) in [6.07, 6.45) is -0.255. The Balaban J connectivity index is 2.37. The number of carbonyl (C=O) groups is 3. The van der Waals surface area contributed by atoms with E-state index in [0.717, 1.165) is 0 Å². The maximum atomic E-state index is 13.2. The number of aromatic hydroxyl groups is 1. The van der Waals surface area contributed by atoms with Gasteiger partial charge in [0.25, 0.3) is 0 Å². The standard InChI is InChI=1S/C28H32O6/c1-27(2,3)19-12-15(13-20(25(19)32)28(4,5)6)18(14-21(29)34-7)22-23(30)16-10-8-9-11-17(16)24(31)26(22)33/h8-13,18,30,32H,14H2,1-7H3/t18-/m1/s1. The first-order chi connectivity index (χ1) is 15.7. The number of methoxy groups -OCH3 is 1. The maximum Gasteiger partial charge on any atom is 0.306 e. The third-order valence-electron chi connectivity index (χ3n) is 6.23. The number of carbonyl (C=O) groups excluding carboxylic acids is 3. The predicted molar refractivity (Wildman–Crippen MR) is 130 cm³/mol. The monoisotopic (exact) mass is 464 g/mol. The molecule has 1 aliphatic carbocycles. The van der Waals surface area contributed by atoms with Crippen LogP contribution in [0.3, 0.4) is 0 Å². The first-order valence-corrected chi connectivity index (χ1v) is 11.2. The zero-order valence-electron chi connectivity index (χ0n) is 20.8. The van der Waals surface area contributed by atoms with Gasteiger partial charge in [0.15, 0.2) is 0 Å². The van der Waals surface area contributed by atoms with Crippen molar-refractivity contribution in [1.82, 2.24) is 0 Å². The molecule has 0 saturated heterocycles.